The Morgan fingerprint density at radius 2 is 1.88 bits per heavy atom. The summed E-state index contributed by atoms with van der Waals surface area (Å²) in [6, 6.07) is 0. The van der Waals surface area contributed by atoms with Gasteiger partial charge in [0.25, 0.3) is 0 Å². The Kier molecular flexibility index (Phi) is 4.64. The van der Waals surface area contributed by atoms with Crippen molar-refractivity contribution in [2.75, 3.05) is 6.61 Å². The molecule has 0 amide bonds. The van der Waals surface area contributed by atoms with Gasteiger partial charge >= 0.3 is 5.97 Å². The quantitative estimate of drug-likeness (QED) is 0.709. The van der Waals surface area contributed by atoms with Gasteiger partial charge in [-0.15, -0.1) is 0 Å². The zero-order valence-corrected chi connectivity index (χ0v) is 15.9. The predicted octanol–water partition coefficient (Wildman–Crippen LogP) is 2.43. The average Bonchev–Trinajstić information content (AvgIpc) is 3.18. The number of ether oxygens (including phenoxy) is 6. The summed E-state index contributed by atoms with van der Waals surface area (Å²) in [4.78, 5) is 12.7. The molecule has 0 aromatic rings. The van der Waals surface area contributed by atoms with Gasteiger partial charge in [0.15, 0.2) is 30.1 Å². The second-order valence-corrected chi connectivity index (χ2v) is 8.28. The Balaban J connectivity index is 1.52. The molecule has 0 radical (unpaired) electrons. The molecule has 7 nitrogen and oxygen atoms in total. The third-order valence-electron chi connectivity index (χ3n) is 5.22. The normalized spacial score (nSPS) is 40.9. The molecule has 4 aliphatic rings. The van der Waals surface area contributed by atoms with Gasteiger partial charge in [-0.1, -0.05) is 6.08 Å². The molecule has 4 rings (SSSR count). The topological polar surface area (TPSA) is 72.5 Å². The van der Waals surface area contributed by atoms with E-state index >= 15 is 0 Å². The molecule has 0 aromatic heterocycles. The maximum Gasteiger partial charge on any atom is 0.334 e. The highest BCUT2D eigenvalue weighted by molar-refractivity contribution is 5.88. The van der Waals surface area contributed by atoms with Crippen molar-refractivity contribution in [1.29, 1.82) is 0 Å². The van der Waals surface area contributed by atoms with E-state index in [0.717, 1.165) is 31.3 Å². The van der Waals surface area contributed by atoms with E-state index in [9.17, 15) is 4.79 Å². The van der Waals surface area contributed by atoms with Crippen molar-refractivity contribution in [3.63, 3.8) is 0 Å². The van der Waals surface area contributed by atoms with Crippen LogP contribution in [0.15, 0.2) is 11.6 Å². The molecule has 0 spiro atoms. The summed E-state index contributed by atoms with van der Waals surface area (Å²) in [7, 11) is 0. The van der Waals surface area contributed by atoms with Crippen LogP contribution in [0.4, 0.5) is 0 Å². The van der Waals surface area contributed by atoms with Gasteiger partial charge in [0, 0.05) is 5.57 Å². The summed E-state index contributed by atoms with van der Waals surface area (Å²) in [6.45, 7) is 7.73. The fraction of sp³-hybridized carbons (Fsp3) is 0.842. The van der Waals surface area contributed by atoms with Gasteiger partial charge < -0.3 is 28.4 Å². The molecule has 0 unspecified atom stereocenters. The minimum atomic E-state index is -0.776. The van der Waals surface area contributed by atoms with Crippen LogP contribution in [0.2, 0.25) is 0 Å². The van der Waals surface area contributed by atoms with E-state index in [4.69, 9.17) is 28.4 Å². The van der Waals surface area contributed by atoms with Crippen LogP contribution >= 0.6 is 0 Å². The lowest BCUT2D eigenvalue weighted by molar-refractivity contribution is -0.235. The Labute approximate surface area is 153 Å². The van der Waals surface area contributed by atoms with Crippen molar-refractivity contribution >= 4 is 5.97 Å². The molecule has 5 atom stereocenters. The van der Waals surface area contributed by atoms with Crippen molar-refractivity contribution in [3.05, 3.63) is 11.6 Å². The monoisotopic (exact) mass is 368 g/mol. The third kappa shape index (κ3) is 3.55. The number of carbonyl (C=O) groups is 1. The first kappa shape index (κ1) is 18.4. The highest BCUT2D eigenvalue weighted by Gasteiger charge is 2.60. The van der Waals surface area contributed by atoms with Crippen LogP contribution in [-0.2, 0) is 33.2 Å². The summed E-state index contributed by atoms with van der Waals surface area (Å²) in [5.74, 6) is -1.76. The van der Waals surface area contributed by atoms with Crippen LogP contribution in [0.25, 0.3) is 0 Å². The number of fused-ring (bicyclic) bond motifs is 1. The standard InChI is InChI=1S/C19H28O7/c1-18(2)21-10-12(24-18)13-14(15-17(23-13)26-19(3,4)25-15)22-16(20)11-8-6-5-7-9-11/h8,12-15,17H,5-7,9-10H2,1-4H3/t12-,13-,14+,15-,17-/m1/s1. The SMILES string of the molecule is CC1(C)O[C@H]2O[C@H]([C@H]3COC(C)(C)O3)[C@H](OC(=O)C3=CCCCC3)[C@H]2O1. The minimum Gasteiger partial charge on any atom is -0.453 e. The molecule has 0 N–H and O–H groups in total. The first-order chi connectivity index (χ1) is 12.2. The van der Waals surface area contributed by atoms with Crippen LogP contribution in [0.3, 0.4) is 0 Å². The van der Waals surface area contributed by atoms with Gasteiger partial charge in [0.1, 0.15) is 12.2 Å². The first-order valence-electron chi connectivity index (χ1n) is 9.47. The lowest BCUT2D eigenvalue weighted by atomic mass is 9.99. The fourth-order valence-electron chi connectivity index (χ4n) is 4.04. The predicted molar refractivity (Wildman–Crippen MR) is 90.0 cm³/mol. The molecule has 0 aromatic carbocycles. The van der Waals surface area contributed by atoms with Crippen LogP contribution in [0.5, 0.6) is 0 Å². The second kappa shape index (κ2) is 6.56. The highest BCUT2D eigenvalue weighted by Crippen LogP contribution is 2.42. The van der Waals surface area contributed by atoms with E-state index in [1.165, 1.54) is 0 Å². The Morgan fingerprint density at radius 1 is 1.08 bits per heavy atom. The largest absolute Gasteiger partial charge is 0.453 e. The Bertz CT molecular complexity index is 597. The van der Waals surface area contributed by atoms with Gasteiger partial charge in [-0.2, -0.15) is 0 Å². The first-order valence-corrected chi connectivity index (χ1v) is 9.47. The number of allylic oxidation sites excluding steroid dienone is 1. The number of rotatable bonds is 3. The Morgan fingerprint density at radius 3 is 2.54 bits per heavy atom. The summed E-state index contributed by atoms with van der Waals surface area (Å²) >= 11 is 0. The zero-order chi connectivity index (χ0) is 18.5. The van der Waals surface area contributed by atoms with Gasteiger partial charge in [-0.25, -0.2) is 4.79 Å². The number of carbonyl (C=O) groups excluding carboxylic acids is 1. The number of hydrogen-bond acceptors (Lipinski definition) is 7. The van der Waals surface area contributed by atoms with E-state index < -0.39 is 36.2 Å². The van der Waals surface area contributed by atoms with Gasteiger partial charge in [-0.05, 0) is 53.4 Å². The highest BCUT2D eigenvalue weighted by atomic mass is 16.8. The lowest BCUT2D eigenvalue weighted by Crippen LogP contribution is -2.45. The minimum absolute atomic E-state index is 0.296. The molecule has 7 heteroatoms. The fourth-order valence-corrected chi connectivity index (χ4v) is 4.04. The lowest BCUT2D eigenvalue weighted by Gasteiger charge is -2.29. The number of hydrogen-bond donors (Lipinski definition) is 0. The molecule has 146 valence electrons. The van der Waals surface area contributed by atoms with Crippen molar-refractivity contribution < 1.29 is 33.2 Å². The average molecular weight is 368 g/mol. The molecule has 3 saturated heterocycles. The molecular formula is C19H28O7. The van der Waals surface area contributed by atoms with Crippen molar-refractivity contribution in [2.24, 2.45) is 0 Å². The molecule has 0 saturated carbocycles. The Hall–Kier alpha value is -0.990. The van der Waals surface area contributed by atoms with Crippen molar-refractivity contribution in [1.82, 2.24) is 0 Å². The molecule has 26 heavy (non-hydrogen) atoms. The van der Waals surface area contributed by atoms with E-state index in [1.54, 1.807) is 0 Å². The summed E-state index contributed by atoms with van der Waals surface area (Å²) in [5, 5.41) is 0. The molecule has 3 aliphatic heterocycles. The molecule has 0 bridgehead atoms. The molecular weight excluding hydrogens is 340 g/mol. The number of esters is 1. The second-order valence-electron chi connectivity index (χ2n) is 8.28. The summed E-state index contributed by atoms with van der Waals surface area (Å²) in [6.07, 6.45) is 3.28. The van der Waals surface area contributed by atoms with Crippen molar-refractivity contribution in [2.45, 2.75) is 95.7 Å². The van der Waals surface area contributed by atoms with Crippen molar-refractivity contribution in [3.8, 4) is 0 Å². The molecule has 1 aliphatic carbocycles. The molecule has 3 heterocycles. The smallest absolute Gasteiger partial charge is 0.334 e. The third-order valence-corrected chi connectivity index (χ3v) is 5.22. The van der Waals surface area contributed by atoms with Gasteiger partial charge in [-0.3, -0.25) is 0 Å². The van der Waals surface area contributed by atoms with Gasteiger partial charge in [0.05, 0.1) is 6.61 Å². The summed E-state index contributed by atoms with van der Waals surface area (Å²) in [5.41, 5.74) is 0.737. The van der Waals surface area contributed by atoms with Gasteiger partial charge in [0.2, 0.25) is 0 Å². The van der Waals surface area contributed by atoms with Crippen LogP contribution in [0, 0.1) is 0 Å². The van der Waals surface area contributed by atoms with Crippen LogP contribution < -0.4 is 0 Å². The van der Waals surface area contributed by atoms with E-state index in [1.807, 2.05) is 33.8 Å². The van der Waals surface area contributed by atoms with Crippen LogP contribution in [-0.4, -0.2) is 54.9 Å². The van der Waals surface area contributed by atoms with E-state index in [-0.39, 0.29) is 12.1 Å². The van der Waals surface area contributed by atoms with E-state index in [2.05, 4.69) is 0 Å². The molecule has 3 fully saturated rings. The maximum atomic E-state index is 12.7. The zero-order valence-electron chi connectivity index (χ0n) is 15.9. The van der Waals surface area contributed by atoms with E-state index in [0.29, 0.717) is 6.61 Å². The summed E-state index contributed by atoms with van der Waals surface area (Å²) < 4.78 is 35.3. The maximum absolute atomic E-state index is 12.7. The van der Waals surface area contributed by atoms with Crippen LogP contribution in [0.1, 0.15) is 53.4 Å².